The highest BCUT2D eigenvalue weighted by atomic mass is 16.3. The summed E-state index contributed by atoms with van der Waals surface area (Å²) < 4.78 is 5.72. The van der Waals surface area contributed by atoms with Gasteiger partial charge >= 0.3 is 0 Å². The largest absolute Gasteiger partial charge is 0.464 e. The van der Waals surface area contributed by atoms with E-state index in [-0.39, 0.29) is 17.7 Å². The first-order chi connectivity index (χ1) is 15.1. The van der Waals surface area contributed by atoms with Gasteiger partial charge in [-0.05, 0) is 35.4 Å². The summed E-state index contributed by atoms with van der Waals surface area (Å²) in [6.07, 6.45) is 2.40. The van der Waals surface area contributed by atoms with Crippen molar-refractivity contribution in [3.63, 3.8) is 0 Å². The van der Waals surface area contributed by atoms with E-state index in [0.717, 1.165) is 53.6 Å². The Kier molecular flexibility index (Phi) is 5.17. The molecule has 2 aliphatic heterocycles. The highest BCUT2D eigenvalue weighted by Crippen LogP contribution is 2.37. The maximum Gasteiger partial charge on any atom is 0.238 e. The summed E-state index contributed by atoms with van der Waals surface area (Å²) in [6, 6.07) is 9.58. The summed E-state index contributed by atoms with van der Waals surface area (Å²) in [5.74, 6) is -0.967. The van der Waals surface area contributed by atoms with Gasteiger partial charge in [-0.3, -0.25) is 24.6 Å². The minimum absolute atomic E-state index is 0.0325. The second-order valence-electron chi connectivity index (χ2n) is 8.14. The summed E-state index contributed by atoms with van der Waals surface area (Å²) in [5.41, 5.74) is 2.22. The van der Waals surface area contributed by atoms with Crippen LogP contribution in [0.15, 0.2) is 41.0 Å². The molecule has 5 rings (SSSR count). The standard InChI is InChI=1S/C23H24N4O4/c28-20-6-4-17(23(30)26-20)18-13-31-19-5-1-14-11-15(2-3-16(14)22(18)19)25-21(29)12-27-9-7-24-8-10-27/h1-3,5,11,13,17,24H,4,6-10,12H2,(H,25,29)(H,26,28,30). The zero-order chi connectivity index (χ0) is 21.4. The van der Waals surface area contributed by atoms with Crippen molar-refractivity contribution in [3.8, 4) is 0 Å². The Morgan fingerprint density at radius 2 is 2.00 bits per heavy atom. The first-order valence-electron chi connectivity index (χ1n) is 10.6. The van der Waals surface area contributed by atoms with Gasteiger partial charge < -0.3 is 15.1 Å². The lowest BCUT2D eigenvalue weighted by Gasteiger charge is -2.26. The lowest BCUT2D eigenvalue weighted by molar-refractivity contribution is -0.134. The van der Waals surface area contributed by atoms with Gasteiger partial charge in [-0.25, -0.2) is 0 Å². The van der Waals surface area contributed by atoms with Crippen molar-refractivity contribution in [1.29, 1.82) is 0 Å². The zero-order valence-corrected chi connectivity index (χ0v) is 17.1. The summed E-state index contributed by atoms with van der Waals surface area (Å²) in [6.45, 7) is 3.92. The number of carbonyl (C=O) groups is 3. The van der Waals surface area contributed by atoms with Gasteiger partial charge in [0.25, 0.3) is 0 Å². The van der Waals surface area contributed by atoms with E-state index >= 15 is 0 Å². The molecule has 1 aromatic heterocycles. The van der Waals surface area contributed by atoms with Crippen LogP contribution >= 0.6 is 0 Å². The summed E-state index contributed by atoms with van der Waals surface area (Å²) in [4.78, 5) is 38.5. The summed E-state index contributed by atoms with van der Waals surface area (Å²) in [5, 5.41) is 11.5. The fourth-order valence-corrected chi connectivity index (χ4v) is 4.49. The van der Waals surface area contributed by atoms with Crippen LogP contribution in [0.25, 0.3) is 21.7 Å². The number of fused-ring (bicyclic) bond motifs is 3. The van der Waals surface area contributed by atoms with E-state index in [9.17, 15) is 14.4 Å². The molecular weight excluding hydrogens is 396 g/mol. The number of nitrogens with zero attached hydrogens (tertiary/aromatic N) is 1. The smallest absolute Gasteiger partial charge is 0.238 e. The summed E-state index contributed by atoms with van der Waals surface area (Å²) in [7, 11) is 0. The minimum atomic E-state index is -0.414. The molecule has 8 nitrogen and oxygen atoms in total. The molecule has 0 spiro atoms. The van der Waals surface area contributed by atoms with E-state index in [1.54, 1.807) is 6.26 Å². The van der Waals surface area contributed by atoms with Gasteiger partial charge in [-0.15, -0.1) is 0 Å². The van der Waals surface area contributed by atoms with Gasteiger partial charge in [0.1, 0.15) is 5.58 Å². The quantitative estimate of drug-likeness (QED) is 0.558. The molecule has 3 aromatic rings. The number of hydrogen-bond acceptors (Lipinski definition) is 6. The van der Waals surface area contributed by atoms with Gasteiger partial charge in [-0.2, -0.15) is 0 Å². The Morgan fingerprint density at radius 3 is 2.81 bits per heavy atom. The molecular formula is C23H24N4O4. The van der Waals surface area contributed by atoms with Crippen molar-refractivity contribution < 1.29 is 18.8 Å². The summed E-state index contributed by atoms with van der Waals surface area (Å²) >= 11 is 0. The van der Waals surface area contributed by atoms with Crippen molar-refractivity contribution in [2.75, 3.05) is 38.0 Å². The molecule has 0 saturated carbocycles. The van der Waals surface area contributed by atoms with Crippen LogP contribution in [0.3, 0.4) is 0 Å². The van der Waals surface area contributed by atoms with E-state index in [1.165, 1.54) is 0 Å². The van der Waals surface area contributed by atoms with Crippen LogP contribution in [0.1, 0.15) is 24.3 Å². The maximum atomic E-state index is 12.5. The Bertz CT molecular complexity index is 1180. The Morgan fingerprint density at radius 1 is 1.16 bits per heavy atom. The lowest BCUT2D eigenvalue weighted by atomic mass is 9.89. The van der Waals surface area contributed by atoms with Gasteiger partial charge in [0.15, 0.2) is 0 Å². The van der Waals surface area contributed by atoms with Crippen LogP contribution in [0.2, 0.25) is 0 Å². The fourth-order valence-electron chi connectivity index (χ4n) is 4.49. The molecule has 3 N–H and O–H groups in total. The number of piperidine rings is 1. The van der Waals surface area contributed by atoms with Crippen molar-refractivity contribution in [2.24, 2.45) is 0 Å². The number of rotatable bonds is 4. The number of anilines is 1. The van der Waals surface area contributed by atoms with Gasteiger partial charge in [0.2, 0.25) is 17.7 Å². The van der Waals surface area contributed by atoms with Gasteiger partial charge in [0.05, 0.1) is 18.7 Å². The molecule has 2 aromatic carbocycles. The van der Waals surface area contributed by atoms with Crippen molar-refractivity contribution in [3.05, 3.63) is 42.2 Å². The molecule has 2 fully saturated rings. The number of nitrogens with one attached hydrogen (secondary N) is 3. The number of carbonyl (C=O) groups excluding carboxylic acids is 3. The van der Waals surface area contributed by atoms with E-state index in [0.29, 0.717) is 25.0 Å². The third kappa shape index (κ3) is 3.92. The number of imide groups is 1. The number of benzene rings is 2. The fraction of sp³-hybridized carbons (Fsp3) is 0.348. The van der Waals surface area contributed by atoms with E-state index in [1.807, 2.05) is 30.3 Å². The van der Waals surface area contributed by atoms with Crippen LogP contribution in [0, 0.1) is 0 Å². The molecule has 3 amide bonds. The SMILES string of the molecule is O=C1CCC(c2coc3ccc4cc(NC(=O)CN5CCNCC5)ccc4c23)C(=O)N1. The van der Waals surface area contributed by atoms with E-state index in [4.69, 9.17) is 4.42 Å². The number of piperazine rings is 1. The van der Waals surface area contributed by atoms with Crippen LogP contribution in [-0.4, -0.2) is 55.3 Å². The zero-order valence-electron chi connectivity index (χ0n) is 17.1. The maximum absolute atomic E-state index is 12.5. The molecule has 3 heterocycles. The second kappa shape index (κ2) is 8.13. The normalized spacial score (nSPS) is 20.2. The molecule has 2 saturated heterocycles. The van der Waals surface area contributed by atoms with Gasteiger partial charge in [-0.1, -0.05) is 12.1 Å². The minimum Gasteiger partial charge on any atom is -0.464 e. The first kappa shape index (κ1) is 19.7. The van der Waals surface area contributed by atoms with Gasteiger partial charge in [0, 0.05) is 49.2 Å². The first-order valence-corrected chi connectivity index (χ1v) is 10.6. The van der Waals surface area contributed by atoms with Crippen LogP contribution in [-0.2, 0) is 14.4 Å². The molecule has 1 atom stereocenters. The molecule has 31 heavy (non-hydrogen) atoms. The predicted molar refractivity (Wildman–Crippen MR) is 117 cm³/mol. The van der Waals surface area contributed by atoms with E-state index < -0.39 is 5.92 Å². The van der Waals surface area contributed by atoms with E-state index in [2.05, 4.69) is 20.9 Å². The van der Waals surface area contributed by atoms with Crippen LogP contribution in [0.5, 0.6) is 0 Å². The van der Waals surface area contributed by atoms with Crippen LogP contribution < -0.4 is 16.0 Å². The number of amides is 3. The average molecular weight is 420 g/mol. The third-order valence-electron chi connectivity index (χ3n) is 6.06. The van der Waals surface area contributed by atoms with Crippen LogP contribution in [0.4, 0.5) is 5.69 Å². The second-order valence-corrected chi connectivity index (χ2v) is 8.14. The number of hydrogen-bond donors (Lipinski definition) is 3. The average Bonchev–Trinajstić information content (AvgIpc) is 3.18. The molecule has 0 bridgehead atoms. The Labute approximate surface area is 178 Å². The molecule has 8 heteroatoms. The van der Waals surface area contributed by atoms with Crippen molar-refractivity contribution in [1.82, 2.24) is 15.5 Å². The lowest BCUT2D eigenvalue weighted by Crippen LogP contribution is -2.46. The molecule has 0 aliphatic carbocycles. The van der Waals surface area contributed by atoms with Crippen molar-refractivity contribution in [2.45, 2.75) is 18.8 Å². The third-order valence-corrected chi connectivity index (χ3v) is 6.06. The van der Waals surface area contributed by atoms with Crippen molar-refractivity contribution >= 4 is 45.2 Å². The monoisotopic (exact) mass is 420 g/mol. The topological polar surface area (TPSA) is 104 Å². The molecule has 0 radical (unpaired) electrons. The Balaban J connectivity index is 1.42. The highest BCUT2D eigenvalue weighted by molar-refractivity contribution is 6.11. The Hall–Kier alpha value is -3.23. The number of furan rings is 1. The molecule has 1 unspecified atom stereocenters. The molecule has 160 valence electrons. The highest BCUT2D eigenvalue weighted by Gasteiger charge is 2.31. The predicted octanol–water partition coefficient (Wildman–Crippen LogP) is 1.95. The molecule has 2 aliphatic rings.